The summed E-state index contributed by atoms with van der Waals surface area (Å²) in [6.45, 7) is 32.7. The van der Waals surface area contributed by atoms with Crippen LogP contribution in [0.4, 0.5) is 0 Å². The first-order valence-electron chi connectivity index (χ1n) is 24.4. The molecule has 4 saturated carbocycles. The number of rotatable bonds is 13. The lowest BCUT2D eigenvalue weighted by Gasteiger charge is -2.26. The van der Waals surface area contributed by atoms with Crippen LogP contribution in [0.25, 0.3) is 0 Å². The molecule has 1 unspecified atom stereocenters. The van der Waals surface area contributed by atoms with Crippen molar-refractivity contribution in [1.82, 2.24) is 5.32 Å². The molecule has 0 spiro atoms. The monoisotopic (exact) mass is 792 g/mol. The lowest BCUT2D eigenvalue weighted by Crippen LogP contribution is -2.41. The van der Waals surface area contributed by atoms with Crippen LogP contribution in [0.2, 0.25) is 0 Å². The quantitative estimate of drug-likeness (QED) is 0.127. The highest BCUT2D eigenvalue weighted by atomic mass is 15.0. The van der Waals surface area contributed by atoms with Gasteiger partial charge in [-0.05, 0) is 194 Å². The molecule has 10 atom stereocenters. The van der Waals surface area contributed by atoms with E-state index in [-0.39, 0.29) is 13.0 Å². The van der Waals surface area contributed by atoms with Crippen molar-refractivity contribution in [2.24, 2.45) is 99.9 Å². The first-order valence-corrected chi connectivity index (χ1v) is 24.4. The lowest BCUT2D eigenvalue weighted by molar-refractivity contribution is 0.335. The van der Waals surface area contributed by atoms with Crippen LogP contribution >= 0.6 is 0 Å². The molecule has 1 aliphatic heterocycles. The van der Waals surface area contributed by atoms with Crippen molar-refractivity contribution in [3.8, 4) is 0 Å². The average Bonchev–Trinajstić information content (AvgIpc) is 3.93. The van der Waals surface area contributed by atoms with Gasteiger partial charge in [-0.2, -0.15) is 0 Å². The normalized spacial score (nSPS) is 31.4. The number of hydrogen-bond acceptors (Lipinski definition) is 5. The van der Waals surface area contributed by atoms with Crippen molar-refractivity contribution in [2.75, 3.05) is 19.6 Å². The molecule has 0 aromatic rings. The third-order valence-corrected chi connectivity index (χ3v) is 14.1. The molecule has 5 aliphatic rings. The summed E-state index contributed by atoms with van der Waals surface area (Å²) in [6.07, 6.45) is 25.0. The van der Waals surface area contributed by atoms with Crippen molar-refractivity contribution in [3.63, 3.8) is 0 Å². The Bertz CT molecular complexity index is 881. The fraction of sp³-hybridized carbons (Fsp3) is 1.00. The smallest absolute Gasteiger partial charge is 0.0138 e. The van der Waals surface area contributed by atoms with Crippen LogP contribution in [0.15, 0.2) is 0 Å². The van der Waals surface area contributed by atoms with E-state index in [0.29, 0.717) is 18.0 Å². The minimum Gasteiger partial charge on any atom is -0.330 e. The molecule has 338 valence electrons. The van der Waals surface area contributed by atoms with E-state index in [0.717, 1.165) is 90.6 Å². The predicted molar refractivity (Wildman–Crippen MR) is 254 cm³/mol. The maximum absolute atomic E-state index is 6.09. The minimum atomic E-state index is -0.0151. The molecule has 1 heterocycles. The van der Waals surface area contributed by atoms with E-state index < -0.39 is 0 Å². The maximum atomic E-state index is 6.09. The maximum Gasteiger partial charge on any atom is 0.0138 e. The van der Waals surface area contributed by atoms with Gasteiger partial charge in [0, 0.05) is 24.2 Å². The van der Waals surface area contributed by atoms with E-state index in [1.165, 1.54) is 116 Å². The zero-order chi connectivity index (χ0) is 41.7. The number of nitrogens with one attached hydrogen (secondary N) is 1. The Hall–Kier alpha value is -0.200. The predicted octanol–water partition coefficient (Wildman–Crippen LogP) is 12.8. The fourth-order valence-electron chi connectivity index (χ4n) is 10.8. The Morgan fingerprint density at radius 1 is 0.536 bits per heavy atom. The molecular formula is C51H109N5. The molecule has 5 rings (SSSR count). The largest absolute Gasteiger partial charge is 0.330 e. The molecule has 0 aromatic heterocycles. The summed E-state index contributed by atoms with van der Waals surface area (Å²) in [7, 11) is 0. The van der Waals surface area contributed by atoms with Gasteiger partial charge < -0.3 is 28.3 Å². The van der Waals surface area contributed by atoms with Crippen LogP contribution in [-0.2, 0) is 0 Å². The molecule has 5 nitrogen and oxygen atoms in total. The van der Waals surface area contributed by atoms with Gasteiger partial charge in [-0.25, -0.2) is 0 Å². The third-order valence-electron chi connectivity index (χ3n) is 14.1. The van der Waals surface area contributed by atoms with E-state index in [1.807, 2.05) is 0 Å². The molecule has 56 heavy (non-hydrogen) atoms. The van der Waals surface area contributed by atoms with E-state index in [2.05, 4.69) is 95.3 Å². The summed E-state index contributed by atoms with van der Waals surface area (Å²) in [5.74, 6) is 11.7. The zero-order valence-corrected chi connectivity index (χ0v) is 39.8. The van der Waals surface area contributed by atoms with Gasteiger partial charge in [-0.15, -0.1) is 0 Å². The van der Waals surface area contributed by atoms with Gasteiger partial charge in [0.25, 0.3) is 0 Å². The highest BCUT2D eigenvalue weighted by Crippen LogP contribution is 2.37. The Morgan fingerprint density at radius 2 is 0.946 bits per heavy atom. The van der Waals surface area contributed by atoms with Crippen LogP contribution in [0, 0.1) is 76.9 Å². The summed E-state index contributed by atoms with van der Waals surface area (Å²) in [4.78, 5) is 0. The Balaban J connectivity index is 0.000000674. The van der Waals surface area contributed by atoms with E-state index >= 15 is 0 Å². The molecule has 0 amide bonds. The van der Waals surface area contributed by atoms with E-state index in [1.54, 1.807) is 0 Å². The molecule has 0 bridgehead atoms. The second kappa shape index (κ2) is 29.9. The summed E-state index contributed by atoms with van der Waals surface area (Å²) in [5, 5.41) is 3.56. The average molecular weight is 792 g/mol. The zero-order valence-electron chi connectivity index (χ0n) is 39.8. The van der Waals surface area contributed by atoms with E-state index in [4.69, 9.17) is 22.9 Å². The standard InChI is InChI=1S/C11H24N2.2C10H21N.C10H20.C9H19N.CH4/c1-8(2)5-10-6-9(7-13-10)11(3,4)12;2*1-8(2)5-9-3-4-10(6-9)7-11;1-4-9-5-6-10(7-9)8(2)3;1-7(2)5-8-3-4-9(10)6-8;/h8-10,13H,5-7,12H2,1-4H3;2*8-10H,3-7,11H2,1-2H3;8-10H,4-7H2,1-3H3;7-9H,3-6,10H2,1-2H3;1H4/t9?,10-;9-,10+;9-,10-;9-,10+;8-,9-;/m11101./s1. The van der Waals surface area contributed by atoms with Gasteiger partial charge >= 0.3 is 0 Å². The topological polar surface area (TPSA) is 116 Å². The fourth-order valence-corrected chi connectivity index (χ4v) is 10.8. The van der Waals surface area contributed by atoms with Crippen LogP contribution in [0.1, 0.15) is 213 Å². The van der Waals surface area contributed by atoms with Crippen molar-refractivity contribution in [2.45, 2.75) is 231 Å². The Labute approximate surface area is 354 Å². The van der Waals surface area contributed by atoms with Crippen LogP contribution in [-0.4, -0.2) is 37.3 Å². The number of nitrogens with two attached hydrogens (primary N) is 4. The Morgan fingerprint density at radius 3 is 1.23 bits per heavy atom. The van der Waals surface area contributed by atoms with Gasteiger partial charge in [0.05, 0.1) is 0 Å². The first-order chi connectivity index (χ1) is 25.7. The van der Waals surface area contributed by atoms with Crippen LogP contribution in [0.3, 0.4) is 0 Å². The molecule has 5 heteroatoms. The Kier molecular flexibility index (Phi) is 29.8. The van der Waals surface area contributed by atoms with Crippen molar-refractivity contribution in [1.29, 1.82) is 0 Å². The molecule has 9 N–H and O–H groups in total. The minimum absolute atomic E-state index is 0. The second-order valence-corrected chi connectivity index (χ2v) is 22.5. The van der Waals surface area contributed by atoms with Gasteiger partial charge in [0.2, 0.25) is 0 Å². The van der Waals surface area contributed by atoms with Crippen LogP contribution < -0.4 is 28.3 Å². The molecule has 0 aromatic carbocycles. The van der Waals surface area contributed by atoms with Gasteiger partial charge in [-0.3, -0.25) is 0 Å². The molecular weight excluding hydrogens is 683 g/mol. The van der Waals surface area contributed by atoms with Crippen molar-refractivity contribution >= 4 is 0 Å². The molecule has 1 saturated heterocycles. The lowest BCUT2D eigenvalue weighted by atomic mass is 9.85. The van der Waals surface area contributed by atoms with Gasteiger partial charge in [0.1, 0.15) is 0 Å². The first kappa shape index (κ1) is 55.8. The summed E-state index contributed by atoms with van der Waals surface area (Å²) in [6, 6.07) is 1.22. The van der Waals surface area contributed by atoms with Crippen molar-refractivity contribution < 1.29 is 0 Å². The highest BCUT2D eigenvalue weighted by Gasteiger charge is 2.33. The summed E-state index contributed by atoms with van der Waals surface area (Å²) >= 11 is 0. The van der Waals surface area contributed by atoms with Crippen LogP contribution in [0.5, 0.6) is 0 Å². The van der Waals surface area contributed by atoms with E-state index in [9.17, 15) is 0 Å². The van der Waals surface area contributed by atoms with Crippen molar-refractivity contribution in [3.05, 3.63) is 0 Å². The number of hydrogen-bond donors (Lipinski definition) is 5. The highest BCUT2D eigenvalue weighted by molar-refractivity contribution is 4.92. The summed E-state index contributed by atoms with van der Waals surface area (Å²) < 4.78 is 0. The second-order valence-electron chi connectivity index (χ2n) is 22.5. The van der Waals surface area contributed by atoms with Gasteiger partial charge in [-0.1, -0.05) is 109 Å². The van der Waals surface area contributed by atoms with Gasteiger partial charge in [0.15, 0.2) is 0 Å². The third kappa shape index (κ3) is 25.4. The SMILES string of the molecule is C.CC(C)C[C@@H]1CC(C(C)(C)N)CN1.CC(C)C[C@H]1CC[C@@H](CN)C1.CC(C)C[C@H]1CC[C@@H](N)C1.CC(C)C[C@H]1CC[C@H](CN)C1.CC[C@H]1CC[C@@H](C(C)C)C1. The molecule has 0 radical (unpaired) electrons. The molecule has 4 aliphatic carbocycles. The molecule has 5 fully saturated rings. The summed E-state index contributed by atoms with van der Waals surface area (Å²) in [5.41, 5.74) is 23.1.